The number of hydrogen-bond acceptors (Lipinski definition) is 3. The van der Waals surface area contributed by atoms with Gasteiger partial charge in [0.15, 0.2) is 0 Å². The molecule has 2 amide bonds. The molecule has 0 radical (unpaired) electrons. The van der Waals surface area contributed by atoms with Crippen LogP contribution in [0.5, 0.6) is 0 Å². The van der Waals surface area contributed by atoms with Gasteiger partial charge in [-0.1, -0.05) is 0 Å². The molecule has 1 aliphatic rings. The summed E-state index contributed by atoms with van der Waals surface area (Å²) in [6.07, 6.45) is -3.82. The minimum Gasteiger partial charge on any atom is -0.372 e. The number of carbonyl (C=O) groups excluding carboxylic acids is 2. The van der Waals surface area contributed by atoms with Crippen molar-refractivity contribution in [3.05, 3.63) is 0 Å². The SMILES string of the molecule is CC1CC(=O)NCC(=O)N1CCCOCC(F)(F)F. The first-order valence-corrected chi connectivity index (χ1v) is 6.00. The lowest BCUT2D eigenvalue weighted by Gasteiger charge is -2.26. The van der Waals surface area contributed by atoms with Gasteiger partial charge < -0.3 is 15.0 Å². The molecular formula is C11H17F3N2O3. The lowest BCUT2D eigenvalue weighted by Crippen LogP contribution is -2.40. The van der Waals surface area contributed by atoms with Crippen molar-refractivity contribution in [2.75, 3.05) is 26.3 Å². The van der Waals surface area contributed by atoms with E-state index in [1.54, 1.807) is 6.92 Å². The number of hydrogen-bond donors (Lipinski definition) is 1. The Morgan fingerprint density at radius 2 is 2.11 bits per heavy atom. The van der Waals surface area contributed by atoms with Gasteiger partial charge in [-0.3, -0.25) is 9.59 Å². The maximum absolute atomic E-state index is 11.8. The monoisotopic (exact) mass is 282 g/mol. The minimum absolute atomic E-state index is 0.0629. The van der Waals surface area contributed by atoms with Gasteiger partial charge in [-0.2, -0.15) is 13.2 Å². The lowest BCUT2D eigenvalue weighted by atomic mass is 10.2. The topological polar surface area (TPSA) is 58.6 Å². The Bertz CT molecular complexity index is 334. The first-order chi connectivity index (χ1) is 8.79. The number of alkyl halides is 3. The van der Waals surface area contributed by atoms with Gasteiger partial charge in [-0.15, -0.1) is 0 Å². The molecule has 110 valence electrons. The van der Waals surface area contributed by atoms with E-state index in [0.717, 1.165) is 0 Å². The van der Waals surface area contributed by atoms with Crippen LogP contribution in [0.25, 0.3) is 0 Å². The maximum atomic E-state index is 11.8. The molecule has 1 N–H and O–H groups in total. The van der Waals surface area contributed by atoms with Crippen LogP contribution in [0.15, 0.2) is 0 Å². The molecule has 1 aliphatic heterocycles. The first kappa shape index (κ1) is 15.7. The van der Waals surface area contributed by atoms with Gasteiger partial charge in [-0.25, -0.2) is 0 Å². The highest BCUT2D eigenvalue weighted by Crippen LogP contribution is 2.14. The zero-order valence-electron chi connectivity index (χ0n) is 10.6. The van der Waals surface area contributed by atoms with Crippen molar-refractivity contribution in [3.8, 4) is 0 Å². The fraction of sp³-hybridized carbons (Fsp3) is 0.818. The van der Waals surface area contributed by atoms with Gasteiger partial charge in [0.2, 0.25) is 11.8 Å². The smallest absolute Gasteiger partial charge is 0.372 e. The highest BCUT2D eigenvalue weighted by molar-refractivity contribution is 5.87. The van der Waals surface area contributed by atoms with Crippen molar-refractivity contribution in [1.82, 2.24) is 10.2 Å². The normalized spacial score (nSPS) is 21.3. The molecule has 1 rings (SSSR count). The summed E-state index contributed by atoms with van der Waals surface area (Å²) in [5, 5.41) is 2.47. The summed E-state index contributed by atoms with van der Waals surface area (Å²) in [7, 11) is 0. The summed E-state index contributed by atoms with van der Waals surface area (Å²) in [6, 6.07) is -0.252. The Balaban J connectivity index is 2.30. The van der Waals surface area contributed by atoms with Crippen LogP contribution in [0.4, 0.5) is 13.2 Å². The van der Waals surface area contributed by atoms with Crippen LogP contribution in [0, 0.1) is 0 Å². The minimum atomic E-state index is -4.33. The lowest BCUT2D eigenvalue weighted by molar-refractivity contribution is -0.174. The molecule has 0 saturated carbocycles. The van der Waals surface area contributed by atoms with Crippen molar-refractivity contribution in [2.24, 2.45) is 0 Å². The summed E-state index contributed by atoms with van der Waals surface area (Å²) < 4.78 is 39.9. The Kier molecular flexibility index (Phi) is 5.59. The Hall–Kier alpha value is -1.31. The van der Waals surface area contributed by atoms with Crippen molar-refractivity contribution < 1.29 is 27.5 Å². The summed E-state index contributed by atoms with van der Waals surface area (Å²) in [6.45, 7) is 0.604. The van der Waals surface area contributed by atoms with Gasteiger partial charge >= 0.3 is 6.18 Å². The Labute approximate surface area is 109 Å². The highest BCUT2D eigenvalue weighted by atomic mass is 19.4. The average molecular weight is 282 g/mol. The fourth-order valence-electron chi connectivity index (χ4n) is 1.84. The standard InChI is InChI=1S/C11H17F3N2O3/c1-8-5-9(17)15-6-10(18)16(8)3-2-4-19-7-11(12,13)14/h8H,2-7H2,1H3,(H,15,17). The number of halogens is 3. The molecule has 1 fully saturated rings. The number of nitrogens with one attached hydrogen (secondary N) is 1. The van der Waals surface area contributed by atoms with Gasteiger partial charge in [0.1, 0.15) is 6.61 Å². The van der Waals surface area contributed by atoms with Gasteiger partial charge in [0, 0.05) is 25.6 Å². The molecule has 0 aromatic heterocycles. The molecule has 0 spiro atoms. The van der Waals surface area contributed by atoms with E-state index in [1.807, 2.05) is 0 Å². The van der Waals surface area contributed by atoms with Crippen LogP contribution in [0.1, 0.15) is 19.8 Å². The molecule has 0 bridgehead atoms. The molecule has 1 heterocycles. The van der Waals surface area contributed by atoms with Crippen LogP contribution in [-0.4, -0.2) is 55.2 Å². The number of ether oxygens (including phenoxy) is 1. The third-order valence-corrected chi connectivity index (χ3v) is 2.72. The largest absolute Gasteiger partial charge is 0.411 e. The third kappa shape index (κ3) is 5.91. The Morgan fingerprint density at radius 3 is 2.74 bits per heavy atom. The van der Waals surface area contributed by atoms with Crippen LogP contribution >= 0.6 is 0 Å². The summed E-state index contributed by atoms with van der Waals surface area (Å²) in [5.74, 6) is -0.425. The molecule has 8 heteroatoms. The molecular weight excluding hydrogens is 265 g/mol. The van der Waals surface area contributed by atoms with E-state index in [-0.39, 0.29) is 44.0 Å². The zero-order chi connectivity index (χ0) is 14.5. The van der Waals surface area contributed by atoms with E-state index < -0.39 is 12.8 Å². The van der Waals surface area contributed by atoms with Gasteiger partial charge in [-0.05, 0) is 13.3 Å². The quantitative estimate of drug-likeness (QED) is 0.755. The van der Waals surface area contributed by atoms with E-state index in [0.29, 0.717) is 6.42 Å². The predicted octanol–water partition coefficient (Wildman–Crippen LogP) is 0.692. The van der Waals surface area contributed by atoms with Crippen LogP contribution in [-0.2, 0) is 14.3 Å². The van der Waals surface area contributed by atoms with Crippen molar-refractivity contribution in [3.63, 3.8) is 0 Å². The van der Waals surface area contributed by atoms with Crippen molar-refractivity contribution in [1.29, 1.82) is 0 Å². The summed E-state index contributed by atoms with van der Waals surface area (Å²) >= 11 is 0. The number of amides is 2. The van der Waals surface area contributed by atoms with E-state index in [4.69, 9.17) is 0 Å². The van der Waals surface area contributed by atoms with Crippen molar-refractivity contribution in [2.45, 2.75) is 32.0 Å². The highest BCUT2D eigenvalue weighted by Gasteiger charge is 2.28. The molecule has 0 aromatic rings. The maximum Gasteiger partial charge on any atom is 0.411 e. The molecule has 19 heavy (non-hydrogen) atoms. The molecule has 1 unspecified atom stereocenters. The summed E-state index contributed by atoms with van der Waals surface area (Å²) in [5.41, 5.74) is 0. The second-order valence-corrected chi connectivity index (χ2v) is 4.44. The molecule has 0 aliphatic carbocycles. The van der Waals surface area contributed by atoms with Crippen LogP contribution in [0.2, 0.25) is 0 Å². The second-order valence-electron chi connectivity index (χ2n) is 4.44. The number of nitrogens with zero attached hydrogens (tertiary/aromatic N) is 1. The molecule has 1 atom stereocenters. The fourth-order valence-corrected chi connectivity index (χ4v) is 1.84. The van der Waals surface area contributed by atoms with Gasteiger partial charge in [0.25, 0.3) is 0 Å². The second kappa shape index (κ2) is 6.74. The van der Waals surface area contributed by atoms with Crippen LogP contribution < -0.4 is 5.32 Å². The Morgan fingerprint density at radius 1 is 1.42 bits per heavy atom. The van der Waals surface area contributed by atoms with E-state index >= 15 is 0 Å². The average Bonchev–Trinajstić information content (AvgIpc) is 2.39. The first-order valence-electron chi connectivity index (χ1n) is 6.00. The zero-order valence-corrected chi connectivity index (χ0v) is 10.6. The van der Waals surface area contributed by atoms with E-state index in [1.165, 1.54) is 4.90 Å². The third-order valence-electron chi connectivity index (χ3n) is 2.72. The molecule has 0 aromatic carbocycles. The number of rotatable bonds is 5. The predicted molar refractivity (Wildman–Crippen MR) is 60.3 cm³/mol. The molecule has 5 nitrogen and oxygen atoms in total. The van der Waals surface area contributed by atoms with E-state index in [9.17, 15) is 22.8 Å². The number of carbonyl (C=O) groups is 2. The van der Waals surface area contributed by atoms with Crippen molar-refractivity contribution >= 4 is 11.8 Å². The molecule has 1 saturated heterocycles. The van der Waals surface area contributed by atoms with Gasteiger partial charge in [0.05, 0.1) is 6.54 Å². The summed E-state index contributed by atoms with van der Waals surface area (Å²) in [4.78, 5) is 24.4. The van der Waals surface area contributed by atoms with E-state index in [2.05, 4.69) is 10.1 Å². The van der Waals surface area contributed by atoms with Crippen LogP contribution in [0.3, 0.4) is 0 Å².